The van der Waals surface area contributed by atoms with Crippen LogP contribution in [0.25, 0.3) is 10.9 Å². The van der Waals surface area contributed by atoms with Gasteiger partial charge in [-0.25, -0.2) is 14.6 Å². The van der Waals surface area contributed by atoms with E-state index in [1.807, 2.05) is 36.4 Å². The molecule has 0 saturated carbocycles. The van der Waals surface area contributed by atoms with Crippen LogP contribution in [-0.2, 0) is 11.3 Å². The summed E-state index contributed by atoms with van der Waals surface area (Å²) in [5.74, 6) is 0.848. The van der Waals surface area contributed by atoms with Gasteiger partial charge in [-0.3, -0.25) is 4.79 Å². The molecule has 0 bridgehead atoms. The normalized spacial score (nSPS) is 16.6. The van der Waals surface area contributed by atoms with E-state index in [0.717, 1.165) is 36.2 Å². The highest BCUT2D eigenvalue weighted by molar-refractivity contribution is 5.80. The second-order valence-electron chi connectivity index (χ2n) is 6.24. The number of carbonyl (C=O) groups excluding carboxylic acids is 1. The Morgan fingerprint density at radius 1 is 1.31 bits per heavy atom. The molecule has 1 amide bonds. The second-order valence-corrected chi connectivity index (χ2v) is 6.24. The molecule has 4 rings (SSSR count). The van der Waals surface area contributed by atoms with Gasteiger partial charge in [-0.1, -0.05) is 18.2 Å². The summed E-state index contributed by atoms with van der Waals surface area (Å²) in [7, 11) is 0. The van der Waals surface area contributed by atoms with E-state index in [4.69, 9.17) is 10.2 Å². The van der Waals surface area contributed by atoms with Gasteiger partial charge in [0.15, 0.2) is 0 Å². The summed E-state index contributed by atoms with van der Waals surface area (Å²) in [6.07, 6.45) is 2.25. The van der Waals surface area contributed by atoms with Crippen molar-refractivity contribution in [3.63, 3.8) is 0 Å². The summed E-state index contributed by atoms with van der Waals surface area (Å²) >= 11 is 0. The van der Waals surface area contributed by atoms with Crippen LogP contribution < -0.4 is 10.2 Å². The van der Waals surface area contributed by atoms with Gasteiger partial charge in [0, 0.05) is 24.5 Å². The molecule has 8 nitrogen and oxygen atoms in total. The van der Waals surface area contributed by atoms with Crippen LogP contribution in [-0.4, -0.2) is 44.8 Å². The molecule has 2 aromatic heterocycles. The Balaban J connectivity index is 1.36. The maximum atomic E-state index is 12.2. The first-order chi connectivity index (χ1) is 12.7. The van der Waals surface area contributed by atoms with Crippen LogP contribution in [0.4, 0.5) is 5.82 Å². The van der Waals surface area contributed by atoms with Crippen LogP contribution in [0, 0.1) is 11.3 Å². The number of hydrogen-bond donors (Lipinski definition) is 1. The van der Waals surface area contributed by atoms with E-state index in [9.17, 15) is 4.79 Å². The lowest BCUT2D eigenvalue weighted by atomic mass is 10.2. The number of hydrogen-bond acceptors (Lipinski definition) is 6. The predicted octanol–water partition coefficient (Wildman–Crippen LogP) is 1.09. The van der Waals surface area contributed by atoms with Crippen molar-refractivity contribution in [3.05, 3.63) is 48.5 Å². The maximum Gasteiger partial charge on any atom is 0.252 e. The smallest absolute Gasteiger partial charge is 0.252 e. The molecule has 3 aromatic rings. The molecule has 8 heteroatoms. The molecular formula is C18H17N7O. The topological polar surface area (TPSA) is 99.7 Å². The van der Waals surface area contributed by atoms with Crippen molar-refractivity contribution in [2.24, 2.45) is 0 Å². The number of amides is 1. The lowest BCUT2D eigenvalue weighted by molar-refractivity contribution is -0.122. The van der Waals surface area contributed by atoms with Crippen LogP contribution in [0.15, 0.2) is 42.7 Å². The minimum absolute atomic E-state index is 0.0550. The quantitative estimate of drug-likeness (QED) is 0.758. The predicted molar refractivity (Wildman–Crippen MR) is 95.2 cm³/mol. The molecule has 26 heavy (non-hydrogen) atoms. The van der Waals surface area contributed by atoms with Crippen molar-refractivity contribution < 1.29 is 4.79 Å². The third kappa shape index (κ3) is 3.32. The zero-order valence-corrected chi connectivity index (χ0v) is 14.0. The molecule has 1 aliphatic heterocycles. The van der Waals surface area contributed by atoms with E-state index in [1.54, 1.807) is 0 Å². The molecule has 3 heterocycles. The van der Waals surface area contributed by atoms with Gasteiger partial charge in [0.05, 0.1) is 5.52 Å². The number of nitriles is 1. The first-order valence-corrected chi connectivity index (χ1v) is 8.41. The zero-order chi connectivity index (χ0) is 17.9. The van der Waals surface area contributed by atoms with Gasteiger partial charge in [0.25, 0.3) is 5.82 Å². The van der Waals surface area contributed by atoms with Gasteiger partial charge in [-0.15, -0.1) is 5.10 Å². The largest absolute Gasteiger partial charge is 0.354 e. The standard InChI is InChI=1S/C18H17N7O/c19-9-16-20-12-25(23-16)11-18(26)21-14-7-8-24(10-14)17-6-5-13-3-1-2-4-15(13)22-17/h1-6,12,14H,7-8,10-11H2,(H,21,26)/t14-/m0/s1. The van der Waals surface area contributed by atoms with Crippen LogP contribution in [0.5, 0.6) is 0 Å². The van der Waals surface area contributed by atoms with Crippen molar-refractivity contribution in [3.8, 4) is 6.07 Å². The summed E-state index contributed by atoms with van der Waals surface area (Å²) < 4.78 is 1.37. The number of aromatic nitrogens is 4. The van der Waals surface area contributed by atoms with Gasteiger partial charge >= 0.3 is 0 Å². The Morgan fingerprint density at radius 2 is 2.19 bits per heavy atom. The molecule has 0 spiro atoms. The van der Waals surface area contributed by atoms with Gasteiger partial charge in [-0.05, 0) is 24.6 Å². The van der Waals surface area contributed by atoms with Crippen LogP contribution in [0.2, 0.25) is 0 Å². The van der Waals surface area contributed by atoms with Gasteiger partial charge in [0.2, 0.25) is 5.91 Å². The van der Waals surface area contributed by atoms with Crippen LogP contribution in [0.3, 0.4) is 0 Å². The number of carbonyl (C=O) groups is 1. The lowest BCUT2D eigenvalue weighted by Crippen LogP contribution is -2.39. The molecule has 1 aromatic carbocycles. The Hall–Kier alpha value is -3.47. The third-order valence-electron chi connectivity index (χ3n) is 4.40. The molecule has 0 aliphatic carbocycles. The van der Waals surface area contributed by atoms with E-state index < -0.39 is 0 Å². The number of rotatable bonds is 4. The average molecular weight is 347 g/mol. The highest BCUT2D eigenvalue weighted by Gasteiger charge is 2.25. The Kier molecular flexibility index (Phi) is 4.19. The fourth-order valence-electron chi connectivity index (χ4n) is 3.16. The van der Waals surface area contributed by atoms with Gasteiger partial charge < -0.3 is 10.2 Å². The molecule has 0 unspecified atom stereocenters. The number of anilines is 1. The molecule has 1 saturated heterocycles. The molecule has 0 radical (unpaired) electrons. The summed E-state index contributed by atoms with van der Waals surface area (Å²) in [5, 5.41) is 16.7. The number of para-hydroxylation sites is 1. The van der Waals surface area contributed by atoms with Crippen molar-refractivity contribution in [1.29, 1.82) is 5.26 Å². The van der Waals surface area contributed by atoms with Crippen molar-refractivity contribution >= 4 is 22.6 Å². The number of pyridine rings is 1. The molecule has 1 fully saturated rings. The molecule has 130 valence electrons. The first kappa shape index (κ1) is 16.0. The molecule has 1 atom stereocenters. The van der Waals surface area contributed by atoms with Crippen LogP contribution in [0.1, 0.15) is 12.2 Å². The van der Waals surface area contributed by atoms with E-state index >= 15 is 0 Å². The lowest BCUT2D eigenvalue weighted by Gasteiger charge is -2.18. The summed E-state index contributed by atoms with van der Waals surface area (Å²) in [4.78, 5) is 22.8. The maximum absolute atomic E-state index is 12.2. The van der Waals surface area contributed by atoms with Gasteiger partial charge in [0.1, 0.15) is 24.8 Å². The first-order valence-electron chi connectivity index (χ1n) is 8.41. The summed E-state index contributed by atoms with van der Waals surface area (Å²) in [5.41, 5.74) is 0.969. The average Bonchev–Trinajstić information content (AvgIpc) is 3.30. The second kappa shape index (κ2) is 6.80. The van der Waals surface area contributed by atoms with Crippen molar-refractivity contribution in [2.75, 3.05) is 18.0 Å². The number of nitrogens with one attached hydrogen (secondary N) is 1. The minimum atomic E-state index is -0.141. The highest BCUT2D eigenvalue weighted by Crippen LogP contribution is 2.21. The number of fused-ring (bicyclic) bond motifs is 1. The van der Waals surface area contributed by atoms with E-state index in [2.05, 4.69) is 26.4 Å². The van der Waals surface area contributed by atoms with Gasteiger partial charge in [-0.2, -0.15) is 5.26 Å². The highest BCUT2D eigenvalue weighted by atomic mass is 16.2. The SMILES string of the molecule is N#Cc1ncn(CC(=O)N[C@H]2CCN(c3ccc4ccccc4n3)C2)n1. The Bertz CT molecular complexity index is 990. The van der Waals surface area contributed by atoms with Crippen LogP contribution >= 0.6 is 0 Å². The number of benzene rings is 1. The minimum Gasteiger partial charge on any atom is -0.354 e. The summed E-state index contributed by atoms with van der Waals surface area (Å²) in [6, 6.07) is 14.0. The monoisotopic (exact) mass is 347 g/mol. The molecule has 1 aliphatic rings. The van der Waals surface area contributed by atoms with Crippen molar-refractivity contribution in [1.82, 2.24) is 25.1 Å². The third-order valence-corrected chi connectivity index (χ3v) is 4.40. The molecule has 1 N–H and O–H groups in total. The Morgan fingerprint density at radius 3 is 3.04 bits per heavy atom. The fraction of sp³-hybridized carbons (Fsp3) is 0.278. The number of nitrogens with zero attached hydrogens (tertiary/aromatic N) is 6. The zero-order valence-electron chi connectivity index (χ0n) is 14.0. The van der Waals surface area contributed by atoms with Crippen molar-refractivity contribution in [2.45, 2.75) is 19.0 Å². The van der Waals surface area contributed by atoms with E-state index in [1.165, 1.54) is 11.0 Å². The van der Waals surface area contributed by atoms with E-state index in [0.29, 0.717) is 0 Å². The van der Waals surface area contributed by atoms with E-state index in [-0.39, 0.29) is 24.3 Å². The molecular weight excluding hydrogens is 330 g/mol. The Labute approximate surface area is 150 Å². The summed E-state index contributed by atoms with van der Waals surface area (Å²) in [6.45, 7) is 1.62. The fourth-order valence-corrected chi connectivity index (χ4v) is 3.16.